The lowest BCUT2D eigenvalue weighted by Gasteiger charge is -2.05. The van der Waals surface area contributed by atoms with Crippen LogP contribution in [-0.2, 0) is 6.42 Å². The van der Waals surface area contributed by atoms with Crippen LogP contribution in [0.15, 0.2) is 12.1 Å². The van der Waals surface area contributed by atoms with Crippen LogP contribution in [0.2, 0.25) is 0 Å². The Morgan fingerprint density at radius 2 is 2.00 bits per heavy atom. The van der Waals surface area contributed by atoms with Crippen molar-refractivity contribution in [2.45, 2.75) is 13.3 Å². The molecular formula is C9H13NO2. The third-order valence-electron chi connectivity index (χ3n) is 1.77. The predicted molar refractivity (Wildman–Crippen MR) is 47.3 cm³/mol. The first-order valence-electron chi connectivity index (χ1n) is 3.86. The van der Waals surface area contributed by atoms with E-state index in [2.05, 4.69) is 0 Å². The summed E-state index contributed by atoms with van der Waals surface area (Å²) in [6, 6.07) is 3.36. The van der Waals surface area contributed by atoms with Gasteiger partial charge in [-0.2, -0.15) is 0 Å². The summed E-state index contributed by atoms with van der Waals surface area (Å²) in [7, 11) is 0. The molecule has 1 rings (SSSR count). The van der Waals surface area contributed by atoms with Gasteiger partial charge in [-0.25, -0.2) is 0 Å². The van der Waals surface area contributed by atoms with Crippen LogP contribution in [-0.4, -0.2) is 16.8 Å². The molecule has 0 saturated heterocycles. The topological polar surface area (TPSA) is 66.5 Å². The molecule has 12 heavy (non-hydrogen) atoms. The van der Waals surface area contributed by atoms with Gasteiger partial charge in [-0.15, -0.1) is 0 Å². The zero-order valence-electron chi connectivity index (χ0n) is 7.04. The second-order valence-corrected chi connectivity index (χ2v) is 2.82. The lowest BCUT2D eigenvalue weighted by atomic mass is 10.1. The Morgan fingerprint density at radius 1 is 1.33 bits per heavy atom. The number of phenols is 2. The van der Waals surface area contributed by atoms with Crippen molar-refractivity contribution in [3.8, 4) is 11.5 Å². The van der Waals surface area contributed by atoms with Crippen LogP contribution in [0.4, 0.5) is 0 Å². The number of hydrogen-bond acceptors (Lipinski definition) is 3. The Morgan fingerprint density at radius 3 is 2.50 bits per heavy atom. The summed E-state index contributed by atoms with van der Waals surface area (Å²) in [6.45, 7) is 2.29. The molecule has 0 aliphatic rings. The lowest BCUT2D eigenvalue weighted by Crippen LogP contribution is -2.02. The van der Waals surface area contributed by atoms with Gasteiger partial charge in [0.05, 0.1) is 0 Å². The van der Waals surface area contributed by atoms with Crippen LogP contribution in [0.25, 0.3) is 0 Å². The van der Waals surface area contributed by atoms with E-state index in [1.807, 2.05) is 6.07 Å². The van der Waals surface area contributed by atoms with E-state index in [0.717, 1.165) is 5.56 Å². The minimum atomic E-state index is -0.0709. The van der Waals surface area contributed by atoms with Gasteiger partial charge in [0.25, 0.3) is 0 Å². The molecule has 1 aromatic carbocycles. The second kappa shape index (κ2) is 3.45. The van der Waals surface area contributed by atoms with Crippen LogP contribution < -0.4 is 5.73 Å². The highest BCUT2D eigenvalue weighted by molar-refractivity contribution is 5.46. The molecule has 0 spiro atoms. The molecule has 0 aliphatic heterocycles. The molecule has 0 aliphatic carbocycles. The summed E-state index contributed by atoms with van der Waals surface area (Å²) in [4.78, 5) is 0. The fourth-order valence-electron chi connectivity index (χ4n) is 1.15. The standard InChI is InChI=1S/C9H13NO2/c1-6-4-7(2-3-10)5-8(11)9(6)12/h4-5,11-12H,2-3,10H2,1H3. The van der Waals surface area contributed by atoms with E-state index in [1.54, 1.807) is 6.92 Å². The summed E-state index contributed by atoms with van der Waals surface area (Å²) in [5.74, 6) is -0.116. The fourth-order valence-corrected chi connectivity index (χ4v) is 1.15. The van der Waals surface area contributed by atoms with E-state index in [1.165, 1.54) is 6.07 Å². The molecule has 0 atom stereocenters. The molecule has 0 aromatic heterocycles. The van der Waals surface area contributed by atoms with Crippen molar-refractivity contribution in [1.82, 2.24) is 0 Å². The van der Waals surface area contributed by atoms with Gasteiger partial charge in [-0.05, 0) is 37.1 Å². The molecule has 0 radical (unpaired) electrons. The third kappa shape index (κ3) is 1.68. The molecule has 4 N–H and O–H groups in total. The van der Waals surface area contributed by atoms with Crippen molar-refractivity contribution in [1.29, 1.82) is 0 Å². The summed E-state index contributed by atoms with van der Waals surface area (Å²) in [5.41, 5.74) is 6.98. The van der Waals surface area contributed by atoms with Crippen LogP contribution in [0.3, 0.4) is 0 Å². The number of hydrogen-bond donors (Lipinski definition) is 3. The Hall–Kier alpha value is -1.22. The SMILES string of the molecule is Cc1cc(CCN)cc(O)c1O. The molecule has 0 amide bonds. The zero-order chi connectivity index (χ0) is 9.14. The quantitative estimate of drug-likeness (QED) is 0.573. The van der Waals surface area contributed by atoms with Gasteiger partial charge in [-0.3, -0.25) is 0 Å². The maximum atomic E-state index is 9.22. The summed E-state index contributed by atoms with van der Waals surface area (Å²) in [5, 5.41) is 18.4. The van der Waals surface area contributed by atoms with Crippen molar-refractivity contribution in [3.05, 3.63) is 23.3 Å². The largest absolute Gasteiger partial charge is 0.504 e. The highest BCUT2D eigenvalue weighted by Gasteiger charge is 2.04. The van der Waals surface area contributed by atoms with Crippen LogP contribution in [0.1, 0.15) is 11.1 Å². The van der Waals surface area contributed by atoms with Crippen LogP contribution in [0.5, 0.6) is 11.5 Å². The number of phenolic OH excluding ortho intramolecular Hbond substituents is 2. The number of aryl methyl sites for hydroxylation is 1. The smallest absolute Gasteiger partial charge is 0.160 e. The molecule has 0 fully saturated rings. The maximum absolute atomic E-state index is 9.22. The van der Waals surface area contributed by atoms with E-state index in [4.69, 9.17) is 5.73 Å². The highest BCUT2D eigenvalue weighted by atomic mass is 16.3. The number of benzene rings is 1. The van der Waals surface area contributed by atoms with E-state index < -0.39 is 0 Å². The third-order valence-corrected chi connectivity index (χ3v) is 1.77. The minimum absolute atomic E-state index is 0.0456. The van der Waals surface area contributed by atoms with Gasteiger partial charge in [-0.1, -0.05) is 6.07 Å². The monoisotopic (exact) mass is 167 g/mol. The number of aromatic hydroxyl groups is 2. The first-order chi connectivity index (χ1) is 5.65. The molecule has 1 aromatic rings. The predicted octanol–water partition coefficient (Wildman–Crippen LogP) is 0.907. The highest BCUT2D eigenvalue weighted by Crippen LogP contribution is 2.29. The van der Waals surface area contributed by atoms with Gasteiger partial charge in [0.15, 0.2) is 11.5 Å². The second-order valence-electron chi connectivity index (χ2n) is 2.82. The summed E-state index contributed by atoms with van der Waals surface area (Å²) < 4.78 is 0. The van der Waals surface area contributed by atoms with Crippen LogP contribution >= 0.6 is 0 Å². The molecule has 0 heterocycles. The Labute approximate surface area is 71.5 Å². The maximum Gasteiger partial charge on any atom is 0.160 e. The first kappa shape index (κ1) is 8.87. The van der Waals surface area contributed by atoms with Gasteiger partial charge in [0.2, 0.25) is 0 Å². The Kier molecular flexibility index (Phi) is 2.55. The molecular weight excluding hydrogens is 154 g/mol. The number of rotatable bonds is 2. The van der Waals surface area contributed by atoms with E-state index in [9.17, 15) is 10.2 Å². The summed E-state index contributed by atoms with van der Waals surface area (Å²) >= 11 is 0. The van der Waals surface area contributed by atoms with Gasteiger partial charge < -0.3 is 15.9 Å². The van der Waals surface area contributed by atoms with Gasteiger partial charge in [0.1, 0.15) is 0 Å². The molecule has 0 bridgehead atoms. The Bertz CT molecular complexity index is 261. The van der Waals surface area contributed by atoms with E-state index in [-0.39, 0.29) is 11.5 Å². The van der Waals surface area contributed by atoms with Crippen molar-refractivity contribution >= 4 is 0 Å². The lowest BCUT2D eigenvalue weighted by molar-refractivity contribution is 0.400. The van der Waals surface area contributed by atoms with Crippen molar-refractivity contribution < 1.29 is 10.2 Å². The fraction of sp³-hybridized carbons (Fsp3) is 0.333. The average molecular weight is 167 g/mol. The molecule has 66 valence electrons. The van der Waals surface area contributed by atoms with Gasteiger partial charge in [0, 0.05) is 0 Å². The molecule has 0 saturated carbocycles. The zero-order valence-corrected chi connectivity index (χ0v) is 7.04. The normalized spacial score (nSPS) is 10.2. The van der Waals surface area contributed by atoms with E-state index in [0.29, 0.717) is 18.5 Å². The van der Waals surface area contributed by atoms with Crippen molar-refractivity contribution in [3.63, 3.8) is 0 Å². The Balaban J connectivity index is 3.04. The minimum Gasteiger partial charge on any atom is -0.504 e. The van der Waals surface area contributed by atoms with Crippen molar-refractivity contribution in [2.75, 3.05) is 6.54 Å². The van der Waals surface area contributed by atoms with E-state index >= 15 is 0 Å². The van der Waals surface area contributed by atoms with Crippen LogP contribution in [0, 0.1) is 6.92 Å². The molecule has 3 nitrogen and oxygen atoms in total. The van der Waals surface area contributed by atoms with Crippen molar-refractivity contribution in [2.24, 2.45) is 5.73 Å². The van der Waals surface area contributed by atoms with Gasteiger partial charge >= 0.3 is 0 Å². The number of nitrogens with two attached hydrogens (primary N) is 1. The summed E-state index contributed by atoms with van der Waals surface area (Å²) in [6.07, 6.45) is 0.717. The first-order valence-corrected chi connectivity index (χ1v) is 3.86. The molecule has 0 unspecified atom stereocenters. The average Bonchev–Trinajstić information content (AvgIpc) is 2.01. The molecule has 3 heteroatoms.